The van der Waals surface area contributed by atoms with Crippen LogP contribution in [0.2, 0.25) is 5.02 Å². The van der Waals surface area contributed by atoms with Crippen molar-refractivity contribution < 1.29 is 19.4 Å². The van der Waals surface area contributed by atoms with Crippen LogP contribution in [0, 0.1) is 6.92 Å². The van der Waals surface area contributed by atoms with Crippen LogP contribution in [0.3, 0.4) is 0 Å². The van der Waals surface area contributed by atoms with Gasteiger partial charge in [-0.1, -0.05) is 11.6 Å². The zero-order valence-corrected chi connectivity index (χ0v) is 13.0. The molecule has 20 heavy (non-hydrogen) atoms. The van der Waals surface area contributed by atoms with Crippen molar-refractivity contribution in [3.05, 3.63) is 27.2 Å². The van der Waals surface area contributed by atoms with Gasteiger partial charge in [-0.3, -0.25) is 0 Å². The Balaban J connectivity index is 2.39. The van der Waals surface area contributed by atoms with Crippen molar-refractivity contribution in [3.63, 3.8) is 0 Å². The third-order valence-electron chi connectivity index (χ3n) is 2.25. The predicted molar refractivity (Wildman–Crippen MR) is 79.4 cm³/mol. The van der Waals surface area contributed by atoms with Crippen LogP contribution in [0.4, 0.5) is 10.5 Å². The van der Waals surface area contributed by atoms with E-state index < -0.39 is 12.0 Å². The molecule has 0 aromatic heterocycles. The predicted octanol–water partition coefficient (Wildman–Crippen LogP) is 2.63. The monoisotopic (exact) mass is 364 g/mol. The van der Waals surface area contributed by atoms with Crippen LogP contribution in [0.5, 0.6) is 0 Å². The molecule has 0 fully saturated rings. The van der Waals surface area contributed by atoms with Gasteiger partial charge in [-0.15, -0.1) is 0 Å². The Hall–Kier alpha value is -1.31. The summed E-state index contributed by atoms with van der Waals surface area (Å²) in [5.74, 6) is -1.05. The minimum atomic E-state index is -1.05. The van der Waals surface area contributed by atoms with E-state index in [1.54, 1.807) is 12.1 Å². The minimum absolute atomic E-state index is 0.121. The van der Waals surface area contributed by atoms with Gasteiger partial charge in [-0.25, -0.2) is 9.59 Å². The van der Waals surface area contributed by atoms with Crippen LogP contribution in [0.1, 0.15) is 5.56 Å². The number of anilines is 1. The number of aliphatic carboxylic acids is 1. The normalized spacial score (nSPS) is 10.2. The maximum Gasteiger partial charge on any atom is 0.329 e. The van der Waals surface area contributed by atoms with E-state index in [9.17, 15) is 9.59 Å². The molecule has 0 heterocycles. The molecule has 0 spiro atoms. The second kappa shape index (κ2) is 8.08. The largest absolute Gasteiger partial charge is 0.480 e. The molecule has 0 saturated carbocycles. The molecule has 0 unspecified atom stereocenters. The number of carboxylic acids is 1. The summed E-state index contributed by atoms with van der Waals surface area (Å²) in [5.41, 5.74) is 1.44. The molecule has 0 radical (unpaired) electrons. The Kier molecular flexibility index (Phi) is 6.77. The number of amides is 2. The molecular weight excluding hydrogens is 351 g/mol. The number of carbonyl (C=O) groups excluding carboxylic acids is 1. The number of carboxylic acid groups (broad SMARTS) is 1. The number of ether oxygens (including phenoxy) is 1. The lowest BCUT2D eigenvalue weighted by molar-refractivity contribution is -0.142. The second-order valence-corrected chi connectivity index (χ2v) is 5.17. The van der Waals surface area contributed by atoms with Gasteiger partial charge in [0.05, 0.1) is 12.3 Å². The number of urea groups is 1. The highest BCUT2D eigenvalue weighted by Crippen LogP contribution is 2.28. The van der Waals surface area contributed by atoms with E-state index in [-0.39, 0.29) is 19.8 Å². The van der Waals surface area contributed by atoms with E-state index in [1.165, 1.54) is 0 Å². The third kappa shape index (κ3) is 5.77. The van der Waals surface area contributed by atoms with E-state index in [0.717, 1.165) is 10.0 Å². The number of carbonyl (C=O) groups is 2. The minimum Gasteiger partial charge on any atom is -0.480 e. The fraction of sp³-hybridized carbons (Fsp3) is 0.333. The van der Waals surface area contributed by atoms with Crippen molar-refractivity contribution in [3.8, 4) is 0 Å². The molecule has 2 amide bonds. The first-order chi connectivity index (χ1) is 9.40. The van der Waals surface area contributed by atoms with Crippen molar-refractivity contribution in [2.24, 2.45) is 0 Å². The van der Waals surface area contributed by atoms with Crippen molar-refractivity contribution in [1.82, 2.24) is 5.32 Å². The lowest BCUT2D eigenvalue weighted by Gasteiger charge is -2.10. The zero-order valence-electron chi connectivity index (χ0n) is 10.7. The molecule has 0 saturated heterocycles. The first-order valence-corrected chi connectivity index (χ1v) is 6.87. The van der Waals surface area contributed by atoms with Crippen molar-refractivity contribution in [2.45, 2.75) is 6.92 Å². The van der Waals surface area contributed by atoms with Crippen LogP contribution >= 0.6 is 27.5 Å². The van der Waals surface area contributed by atoms with E-state index in [4.69, 9.17) is 21.4 Å². The Labute approximate surface area is 129 Å². The molecule has 0 aliphatic heterocycles. The Morgan fingerprint density at radius 2 is 2.15 bits per heavy atom. The summed E-state index contributed by atoms with van der Waals surface area (Å²) in [6.45, 7) is 1.80. The van der Waals surface area contributed by atoms with Crippen molar-refractivity contribution in [2.75, 3.05) is 25.1 Å². The highest BCUT2D eigenvalue weighted by atomic mass is 79.9. The molecule has 0 atom stereocenters. The topological polar surface area (TPSA) is 87.7 Å². The number of hydrogen-bond acceptors (Lipinski definition) is 3. The molecule has 3 N–H and O–H groups in total. The summed E-state index contributed by atoms with van der Waals surface area (Å²) in [7, 11) is 0. The first-order valence-electron chi connectivity index (χ1n) is 5.70. The van der Waals surface area contributed by atoms with Gasteiger partial charge >= 0.3 is 12.0 Å². The van der Waals surface area contributed by atoms with Gasteiger partial charge in [0.25, 0.3) is 0 Å². The number of nitrogens with one attached hydrogen (secondary N) is 2. The molecule has 0 aliphatic rings. The molecule has 0 aliphatic carbocycles. The summed E-state index contributed by atoms with van der Waals surface area (Å²) in [6, 6.07) is 3.01. The van der Waals surface area contributed by atoms with Crippen LogP contribution < -0.4 is 10.6 Å². The first kappa shape index (κ1) is 16.7. The summed E-state index contributed by atoms with van der Waals surface area (Å²) in [5, 5.41) is 14.1. The van der Waals surface area contributed by atoms with E-state index in [1.807, 2.05) is 6.92 Å². The van der Waals surface area contributed by atoms with Gasteiger partial charge < -0.3 is 20.5 Å². The van der Waals surface area contributed by atoms with Crippen molar-refractivity contribution >= 4 is 45.2 Å². The number of rotatable bonds is 6. The van der Waals surface area contributed by atoms with Gasteiger partial charge in [-0.2, -0.15) is 0 Å². The van der Waals surface area contributed by atoms with E-state index in [2.05, 4.69) is 26.6 Å². The van der Waals surface area contributed by atoms with Crippen LogP contribution in [-0.4, -0.2) is 36.9 Å². The molecule has 1 aromatic carbocycles. The molecule has 110 valence electrons. The summed E-state index contributed by atoms with van der Waals surface area (Å²) in [4.78, 5) is 21.8. The van der Waals surface area contributed by atoms with Gasteiger partial charge in [0.2, 0.25) is 0 Å². The lowest BCUT2D eigenvalue weighted by atomic mass is 10.2. The lowest BCUT2D eigenvalue weighted by Crippen LogP contribution is -2.32. The molecule has 1 aromatic rings. The van der Waals surface area contributed by atoms with Gasteiger partial charge in [-0.05, 0) is 40.5 Å². The summed E-state index contributed by atoms with van der Waals surface area (Å²) >= 11 is 9.30. The van der Waals surface area contributed by atoms with Crippen molar-refractivity contribution in [1.29, 1.82) is 0 Å². The molecular formula is C12H14BrClN2O4. The maximum absolute atomic E-state index is 11.6. The fourth-order valence-corrected chi connectivity index (χ4v) is 2.03. The van der Waals surface area contributed by atoms with Gasteiger partial charge in [0.1, 0.15) is 6.61 Å². The highest BCUT2D eigenvalue weighted by Gasteiger charge is 2.07. The Morgan fingerprint density at radius 1 is 1.45 bits per heavy atom. The standard InChI is InChI=1S/C12H14BrClN2O4/c1-7-4-8(13)10(5-9(7)14)16-12(19)15-2-3-20-6-11(17)18/h4-5H,2-3,6H2,1H3,(H,17,18)(H2,15,16,19). The average molecular weight is 366 g/mol. The van der Waals surface area contributed by atoms with Crippen LogP contribution in [-0.2, 0) is 9.53 Å². The zero-order chi connectivity index (χ0) is 15.1. The van der Waals surface area contributed by atoms with Gasteiger partial charge in [0.15, 0.2) is 0 Å². The molecule has 6 nitrogen and oxygen atoms in total. The fourth-order valence-electron chi connectivity index (χ4n) is 1.30. The molecule has 8 heteroatoms. The quantitative estimate of drug-likeness (QED) is 0.676. The molecule has 0 bridgehead atoms. The number of aryl methyl sites for hydroxylation is 1. The highest BCUT2D eigenvalue weighted by molar-refractivity contribution is 9.10. The summed E-state index contributed by atoms with van der Waals surface area (Å²) < 4.78 is 5.50. The van der Waals surface area contributed by atoms with E-state index >= 15 is 0 Å². The SMILES string of the molecule is Cc1cc(Br)c(NC(=O)NCCOCC(=O)O)cc1Cl. The average Bonchev–Trinajstić information content (AvgIpc) is 2.35. The van der Waals surface area contributed by atoms with E-state index in [0.29, 0.717) is 10.7 Å². The Morgan fingerprint density at radius 3 is 2.80 bits per heavy atom. The van der Waals surface area contributed by atoms with Crippen LogP contribution in [0.25, 0.3) is 0 Å². The number of hydrogen-bond donors (Lipinski definition) is 3. The number of benzene rings is 1. The summed E-state index contributed by atoms with van der Waals surface area (Å²) in [6.07, 6.45) is 0. The second-order valence-electron chi connectivity index (χ2n) is 3.91. The van der Waals surface area contributed by atoms with Crippen LogP contribution in [0.15, 0.2) is 16.6 Å². The maximum atomic E-state index is 11.6. The Bertz CT molecular complexity index is 510. The van der Waals surface area contributed by atoms with Gasteiger partial charge in [0, 0.05) is 16.0 Å². The third-order valence-corrected chi connectivity index (χ3v) is 3.32. The smallest absolute Gasteiger partial charge is 0.329 e. The molecule has 1 rings (SSSR count). The number of halogens is 2.